The van der Waals surface area contributed by atoms with Crippen LogP contribution in [0.4, 0.5) is 35.1 Å². The van der Waals surface area contributed by atoms with Crippen LogP contribution >= 0.6 is 0 Å². The maximum absolute atomic E-state index is 15.0. The van der Waals surface area contributed by atoms with Gasteiger partial charge in [-0.25, -0.2) is 17.6 Å². The fourth-order valence-corrected chi connectivity index (χ4v) is 7.48. The monoisotopic (exact) mass is 706 g/mol. The molecule has 3 fully saturated rings. The molecule has 12 heteroatoms. The lowest BCUT2D eigenvalue weighted by atomic mass is 9.78. The van der Waals surface area contributed by atoms with Gasteiger partial charge >= 0.3 is 12.2 Å². The van der Waals surface area contributed by atoms with Gasteiger partial charge in [0.25, 0.3) is 0 Å². The Morgan fingerprint density at radius 2 is 1.39 bits per heavy atom. The summed E-state index contributed by atoms with van der Waals surface area (Å²) in [7, 11) is 0. The number of hydrogen-bond donors (Lipinski definition) is 0. The molecule has 0 radical (unpaired) electrons. The topological polar surface area (TPSA) is 36.9 Å². The fourth-order valence-electron chi connectivity index (χ4n) is 7.48. The van der Waals surface area contributed by atoms with Crippen molar-refractivity contribution in [1.82, 2.24) is 0 Å². The highest BCUT2D eigenvalue weighted by Gasteiger charge is 2.44. The Morgan fingerprint density at radius 1 is 0.735 bits per heavy atom. The number of unbranched alkanes of at least 4 members (excludes halogenated alkanes) is 2. The lowest BCUT2D eigenvalue weighted by molar-refractivity contribution is -0.252. The minimum Gasteiger partial charge on any atom is -0.432 e. The molecule has 0 bridgehead atoms. The largest absolute Gasteiger partial charge is 0.432 e. The van der Waals surface area contributed by atoms with E-state index >= 15 is 4.39 Å². The van der Waals surface area contributed by atoms with E-state index in [9.17, 15) is 30.7 Å². The first kappa shape index (κ1) is 37.8. The van der Waals surface area contributed by atoms with Crippen LogP contribution in [0.5, 0.6) is 5.75 Å². The first-order chi connectivity index (χ1) is 23.4. The van der Waals surface area contributed by atoms with Crippen LogP contribution in [-0.4, -0.2) is 32.2 Å². The van der Waals surface area contributed by atoms with Crippen molar-refractivity contribution in [3.05, 3.63) is 64.7 Å². The predicted molar refractivity (Wildman–Crippen MR) is 166 cm³/mol. The van der Waals surface area contributed by atoms with Gasteiger partial charge in [0, 0.05) is 24.0 Å². The van der Waals surface area contributed by atoms with Gasteiger partial charge in [-0.05, 0) is 93.7 Å². The molecule has 1 saturated heterocycles. The molecule has 2 aliphatic carbocycles. The van der Waals surface area contributed by atoms with E-state index < -0.39 is 59.3 Å². The van der Waals surface area contributed by atoms with E-state index in [1.165, 1.54) is 31.4 Å². The van der Waals surface area contributed by atoms with Crippen LogP contribution in [-0.2, 0) is 20.3 Å². The SMILES string of the molecule is CCCCCC1COC(C2CCC(c3ccc(C(F)(F)OCCC4CCC(C(F)(F)Oc5cc(F)c(F)c(F)c5)CC4)c(F)c3)CC2)OC1. The lowest BCUT2D eigenvalue weighted by Gasteiger charge is -2.37. The molecule has 5 rings (SSSR count). The summed E-state index contributed by atoms with van der Waals surface area (Å²) in [6.45, 7) is 3.20. The van der Waals surface area contributed by atoms with Crippen molar-refractivity contribution in [2.45, 2.75) is 115 Å². The van der Waals surface area contributed by atoms with Gasteiger partial charge in [-0.3, -0.25) is 0 Å². The third-order valence-corrected chi connectivity index (χ3v) is 10.5. The first-order valence-electron chi connectivity index (χ1n) is 17.6. The second kappa shape index (κ2) is 16.7. The summed E-state index contributed by atoms with van der Waals surface area (Å²) >= 11 is 0. The van der Waals surface area contributed by atoms with Crippen LogP contribution in [0.1, 0.15) is 107 Å². The van der Waals surface area contributed by atoms with Crippen molar-refractivity contribution in [2.75, 3.05) is 19.8 Å². The van der Waals surface area contributed by atoms with Crippen molar-refractivity contribution in [1.29, 1.82) is 0 Å². The molecule has 0 aromatic heterocycles. The lowest BCUT2D eigenvalue weighted by Crippen LogP contribution is -2.38. The van der Waals surface area contributed by atoms with Gasteiger partial charge in [0.05, 0.1) is 31.3 Å². The summed E-state index contributed by atoms with van der Waals surface area (Å²) in [4.78, 5) is 0. The molecule has 49 heavy (non-hydrogen) atoms. The Bertz CT molecular complexity index is 1330. The highest BCUT2D eigenvalue weighted by molar-refractivity contribution is 5.29. The third-order valence-electron chi connectivity index (χ3n) is 10.5. The van der Waals surface area contributed by atoms with Crippen molar-refractivity contribution in [3.8, 4) is 5.75 Å². The summed E-state index contributed by atoms with van der Waals surface area (Å²) in [6, 6.07) is 4.49. The molecule has 0 amide bonds. The van der Waals surface area contributed by atoms with Crippen molar-refractivity contribution < 1.29 is 54.1 Å². The molecule has 2 aromatic rings. The molecule has 274 valence electrons. The predicted octanol–water partition coefficient (Wildman–Crippen LogP) is 11.0. The second-order valence-electron chi connectivity index (χ2n) is 14.0. The highest BCUT2D eigenvalue weighted by atomic mass is 19.3. The molecule has 1 aliphatic heterocycles. The second-order valence-corrected chi connectivity index (χ2v) is 14.0. The van der Waals surface area contributed by atoms with Crippen LogP contribution in [0.25, 0.3) is 0 Å². The molecule has 2 saturated carbocycles. The zero-order valence-electron chi connectivity index (χ0n) is 27.8. The van der Waals surface area contributed by atoms with Gasteiger partial charge in [0.2, 0.25) is 0 Å². The Kier molecular flexibility index (Phi) is 12.9. The van der Waals surface area contributed by atoms with E-state index in [4.69, 9.17) is 14.2 Å². The minimum atomic E-state index is -3.87. The summed E-state index contributed by atoms with van der Waals surface area (Å²) < 4.78 is 136. The number of benzene rings is 2. The molecule has 2 aromatic carbocycles. The first-order valence-corrected chi connectivity index (χ1v) is 17.6. The quantitative estimate of drug-likeness (QED) is 0.111. The Balaban J connectivity index is 1.03. The zero-order valence-corrected chi connectivity index (χ0v) is 27.8. The average molecular weight is 707 g/mol. The number of rotatable bonds is 14. The van der Waals surface area contributed by atoms with Crippen LogP contribution < -0.4 is 4.74 Å². The van der Waals surface area contributed by atoms with Gasteiger partial charge in [-0.15, -0.1) is 0 Å². The Morgan fingerprint density at radius 3 is 2.00 bits per heavy atom. The maximum atomic E-state index is 15.0. The molecule has 3 aliphatic rings. The van der Waals surface area contributed by atoms with Crippen molar-refractivity contribution in [2.24, 2.45) is 23.7 Å². The average Bonchev–Trinajstić information content (AvgIpc) is 3.07. The Labute approximate surface area is 282 Å². The zero-order chi connectivity index (χ0) is 35.2. The van der Waals surface area contributed by atoms with Gasteiger partial charge in [-0.2, -0.15) is 17.6 Å². The van der Waals surface area contributed by atoms with E-state index in [1.54, 1.807) is 0 Å². The van der Waals surface area contributed by atoms with Crippen LogP contribution in [0, 0.1) is 46.9 Å². The molecular weight excluding hydrogens is 660 g/mol. The summed E-state index contributed by atoms with van der Waals surface area (Å²) in [5.74, 6) is -7.70. The number of alkyl halides is 4. The van der Waals surface area contributed by atoms with Gasteiger partial charge in [0.15, 0.2) is 23.7 Å². The molecule has 0 spiro atoms. The van der Waals surface area contributed by atoms with Crippen LogP contribution in [0.2, 0.25) is 0 Å². The van der Waals surface area contributed by atoms with E-state index in [0.29, 0.717) is 36.8 Å². The molecule has 0 atom stereocenters. The molecular formula is C37H46F8O4. The van der Waals surface area contributed by atoms with Crippen LogP contribution in [0.3, 0.4) is 0 Å². The van der Waals surface area contributed by atoms with Crippen LogP contribution in [0.15, 0.2) is 30.3 Å². The smallest absolute Gasteiger partial charge is 0.400 e. The standard InChI is InChI=1S/C37H46F8O4/c1-2-3-4-5-24-21-46-35(47-22-24)26-10-8-25(9-11-26)27-12-15-30(31(38)18-27)37(44,45)48-17-16-23-6-13-28(14-7-23)36(42,43)49-29-19-32(39)34(41)33(40)20-29/h12,15,18-20,23-26,28,35H,2-11,13-14,16-17,21-22H2,1H3. The maximum Gasteiger partial charge on any atom is 0.400 e. The number of halogens is 8. The third kappa shape index (κ3) is 9.88. The Hall–Kier alpha value is -2.44. The van der Waals surface area contributed by atoms with Gasteiger partial charge in [-0.1, -0.05) is 32.3 Å². The van der Waals surface area contributed by atoms with E-state index in [2.05, 4.69) is 11.7 Å². The normalized spacial score (nSPS) is 26.9. The summed E-state index contributed by atoms with van der Waals surface area (Å²) in [5, 5.41) is 0. The van der Waals surface area contributed by atoms with E-state index in [1.807, 2.05) is 0 Å². The van der Waals surface area contributed by atoms with Crippen molar-refractivity contribution >= 4 is 0 Å². The molecule has 0 unspecified atom stereocenters. The molecule has 1 heterocycles. The fraction of sp³-hybridized carbons (Fsp3) is 0.676. The minimum absolute atomic E-state index is 0.0292. The molecule has 0 N–H and O–H groups in total. The van der Waals surface area contributed by atoms with Gasteiger partial charge in [0.1, 0.15) is 11.6 Å². The van der Waals surface area contributed by atoms with E-state index in [-0.39, 0.29) is 56.1 Å². The molecule has 4 nitrogen and oxygen atoms in total. The van der Waals surface area contributed by atoms with E-state index in [0.717, 1.165) is 38.2 Å². The number of ether oxygens (including phenoxy) is 4. The number of hydrogen-bond acceptors (Lipinski definition) is 4. The van der Waals surface area contributed by atoms with Crippen molar-refractivity contribution in [3.63, 3.8) is 0 Å². The summed E-state index contributed by atoms with van der Waals surface area (Å²) in [5.41, 5.74) is -0.180. The van der Waals surface area contributed by atoms with Gasteiger partial charge < -0.3 is 18.9 Å². The summed E-state index contributed by atoms with van der Waals surface area (Å²) in [6.07, 6.45) is 0.678. The highest BCUT2D eigenvalue weighted by Crippen LogP contribution is 2.43.